The van der Waals surface area contributed by atoms with Gasteiger partial charge in [0.25, 0.3) is 0 Å². The van der Waals surface area contributed by atoms with Crippen molar-refractivity contribution >= 4 is 6.21 Å². The largest absolute Gasteiger partial charge is 0.508 e. The fraction of sp³-hybridized carbons (Fsp3) is 0.188. The van der Waals surface area contributed by atoms with Gasteiger partial charge in [0.2, 0.25) is 0 Å². The molecule has 0 amide bonds. The summed E-state index contributed by atoms with van der Waals surface area (Å²) in [4.78, 5) is 4.38. The van der Waals surface area contributed by atoms with Gasteiger partial charge in [-0.3, -0.25) is 4.99 Å². The molecule has 2 aromatic rings. The van der Waals surface area contributed by atoms with Gasteiger partial charge >= 0.3 is 0 Å². The molecule has 0 bridgehead atoms. The zero-order valence-electron chi connectivity index (χ0n) is 10.3. The lowest BCUT2D eigenvalue weighted by atomic mass is 10.1. The molecule has 0 aliphatic heterocycles. The van der Waals surface area contributed by atoms with Gasteiger partial charge in [0, 0.05) is 19.2 Å². The second kappa shape index (κ2) is 6.60. The number of phenols is 1. The van der Waals surface area contributed by atoms with Gasteiger partial charge in [0.15, 0.2) is 0 Å². The zero-order chi connectivity index (χ0) is 12.6. The van der Waals surface area contributed by atoms with Gasteiger partial charge in [-0.05, 0) is 29.7 Å². The number of phenolic OH excluding ortho intramolecular Hbond substituents is 1. The number of hydrogen-bond donors (Lipinski definition) is 1. The van der Waals surface area contributed by atoms with Crippen LogP contribution in [0.3, 0.4) is 0 Å². The highest BCUT2D eigenvalue weighted by molar-refractivity contribution is 5.61. The molecule has 0 atom stereocenters. The van der Waals surface area contributed by atoms with Crippen molar-refractivity contribution in [3.8, 4) is 5.75 Å². The van der Waals surface area contributed by atoms with Crippen LogP contribution in [0.1, 0.15) is 11.1 Å². The third-order valence-corrected chi connectivity index (χ3v) is 2.74. The molecule has 0 saturated heterocycles. The van der Waals surface area contributed by atoms with E-state index in [-0.39, 0.29) is 0 Å². The number of aromatic hydroxyl groups is 1. The maximum Gasteiger partial charge on any atom is 0.115 e. The average Bonchev–Trinajstić information content (AvgIpc) is 2.40. The molecule has 0 heterocycles. The summed E-state index contributed by atoms with van der Waals surface area (Å²) in [6.45, 7) is 0.760. The summed E-state index contributed by atoms with van der Waals surface area (Å²) in [6.07, 6.45) is 3.69. The highest BCUT2D eigenvalue weighted by Crippen LogP contribution is 2.11. The predicted molar refractivity (Wildman–Crippen MR) is 75.3 cm³/mol. The Morgan fingerprint density at radius 2 is 1.72 bits per heavy atom. The van der Waals surface area contributed by atoms with Gasteiger partial charge in [0.05, 0.1) is 0 Å². The Bertz CT molecular complexity index is 506. The van der Waals surface area contributed by atoms with E-state index in [2.05, 4.69) is 17.1 Å². The van der Waals surface area contributed by atoms with Crippen LogP contribution in [0.4, 0.5) is 0 Å². The highest BCUT2D eigenvalue weighted by atomic mass is 16.3. The lowest BCUT2D eigenvalue weighted by molar-refractivity contribution is 0.474. The van der Waals surface area contributed by atoms with E-state index in [1.807, 2.05) is 36.5 Å². The lowest BCUT2D eigenvalue weighted by Gasteiger charge is -1.99. The van der Waals surface area contributed by atoms with E-state index >= 15 is 0 Å². The summed E-state index contributed by atoms with van der Waals surface area (Å²) in [5.74, 6) is 0.320. The number of aliphatic imine (C=N–C) groups is 1. The molecule has 1 N–H and O–H groups in total. The van der Waals surface area contributed by atoms with Gasteiger partial charge in [-0.15, -0.1) is 0 Å². The number of nitrogens with zero attached hydrogens (tertiary/aromatic N) is 1. The molecule has 2 nitrogen and oxygen atoms in total. The smallest absolute Gasteiger partial charge is 0.115 e. The topological polar surface area (TPSA) is 32.6 Å². The first-order valence-electron chi connectivity index (χ1n) is 6.15. The van der Waals surface area contributed by atoms with E-state index < -0.39 is 0 Å². The van der Waals surface area contributed by atoms with Gasteiger partial charge in [0.1, 0.15) is 5.75 Å². The Balaban J connectivity index is 1.75. The minimum Gasteiger partial charge on any atom is -0.508 e. The van der Waals surface area contributed by atoms with Gasteiger partial charge < -0.3 is 5.11 Å². The van der Waals surface area contributed by atoms with Crippen molar-refractivity contribution in [1.29, 1.82) is 0 Å². The van der Waals surface area contributed by atoms with Crippen molar-refractivity contribution in [2.75, 3.05) is 6.54 Å². The molecular weight excluding hydrogens is 222 g/mol. The molecule has 18 heavy (non-hydrogen) atoms. The quantitative estimate of drug-likeness (QED) is 0.798. The van der Waals surface area contributed by atoms with Gasteiger partial charge in [-0.25, -0.2) is 0 Å². The summed E-state index contributed by atoms with van der Waals surface area (Å²) >= 11 is 0. The van der Waals surface area contributed by atoms with Crippen LogP contribution in [0.25, 0.3) is 0 Å². The molecule has 0 unspecified atom stereocenters. The molecule has 0 aromatic heterocycles. The molecule has 0 fully saturated rings. The average molecular weight is 239 g/mol. The van der Waals surface area contributed by atoms with Crippen molar-refractivity contribution in [2.24, 2.45) is 4.99 Å². The van der Waals surface area contributed by atoms with E-state index in [4.69, 9.17) is 0 Å². The molecule has 92 valence electrons. The van der Waals surface area contributed by atoms with Crippen LogP contribution in [0.15, 0.2) is 59.6 Å². The molecule has 0 saturated carbocycles. The van der Waals surface area contributed by atoms with Gasteiger partial charge in [-0.1, -0.05) is 42.5 Å². The second-order valence-electron chi connectivity index (χ2n) is 4.20. The fourth-order valence-electron chi connectivity index (χ4n) is 1.78. The van der Waals surface area contributed by atoms with E-state index in [9.17, 15) is 5.11 Å². The summed E-state index contributed by atoms with van der Waals surface area (Å²) < 4.78 is 0. The minimum absolute atomic E-state index is 0.320. The van der Waals surface area contributed by atoms with Crippen molar-refractivity contribution in [1.82, 2.24) is 0 Å². The first-order chi connectivity index (χ1) is 8.84. The normalized spacial score (nSPS) is 10.9. The Hall–Kier alpha value is -2.09. The lowest BCUT2D eigenvalue weighted by Crippen LogP contribution is -1.91. The molecule has 2 heteroatoms. The molecule has 0 aliphatic rings. The monoisotopic (exact) mass is 239 g/mol. The molecule has 0 spiro atoms. The Morgan fingerprint density at radius 1 is 0.944 bits per heavy atom. The Labute approximate surface area is 108 Å². The first kappa shape index (κ1) is 12.4. The molecule has 0 radical (unpaired) electrons. The maximum atomic E-state index is 9.33. The van der Waals surface area contributed by atoms with E-state index in [1.165, 1.54) is 5.56 Å². The minimum atomic E-state index is 0.320. The molecular formula is C16H17NO. The van der Waals surface area contributed by atoms with Crippen LogP contribution in [-0.4, -0.2) is 17.9 Å². The van der Waals surface area contributed by atoms with E-state index in [1.54, 1.807) is 12.1 Å². The fourth-order valence-corrected chi connectivity index (χ4v) is 1.78. The zero-order valence-corrected chi connectivity index (χ0v) is 10.3. The molecule has 0 aliphatic carbocycles. The third kappa shape index (κ3) is 4.06. The maximum absolute atomic E-state index is 9.33. The van der Waals surface area contributed by atoms with E-state index in [0.29, 0.717) is 5.75 Å². The van der Waals surface area contributed by atoms with Crippen LogP contribution in [0.2, 0.25) is 0 Å². The van der Waals surface area contributed by atoms with Crippen molar-refractivity contribution in [3.05, 3.63) is 65.7 Å². The Kier molecular flexibility index (Phi) is 4.53. The van der Waals surface area contributed by atoms with Crippen LogP contribution < -0.4 is 0 Å². The SMILES string of the molecule is Oc1cccc(CCN=CCc2ccccc2)c1. The summed E-state index contributed by atoms with van der Waals surface area (Å²) in [5, 5.41) is 9.33. The molecule has 2 rings (SSSR count). The van der Waals surface area contributed by atoms with Crippen LogP contribution in [-0.2, 0) is 12.8 Å². The number of hydrogen-bond acceptors (Lipinski definition) is 2. The van der Waals surface area contributed by atoms with Crippen molar-refractivity contribution < 1.29 is 5.11 Å². The van der Waals surface area contributed by atoms with Crippen LogP contribution in [0.5, 0.6) is 5.75 Å². The summed E-state index contributed by atoms with van der Waals surface area (Å²) in [7, 11) is 0. The van der Waals surface area contributed by atoms with Crippen molar-refractivity contribution in [2.45, 2.75) is 12.8 Å². The standard InChI is InChI=1S/C16H17NO/c18-16-8-4-7-15(13-16)10-12-17-11-9-14-5-2-1-3-6-14/h1-8,11,13,18H,9-10,12H2. The van der Waals surface area contributed by atoms with E-state index in [0.717, 1.165) is 24.9 Å². The number of rotatable bonds is 5. The Morgan fingerprint density at radius 3 is 2.50 bits per heavy atom. The van der Waals surface area contributed by atoms with Crippen LogP contribution >= 0.6 is 0 Å². The highest BCUT2D eigenvalue weighted by Gasteiger charge is 1.93. The third-order valence-electron chi connectivity index (χ3n) is 2.74. The first-order valence-corrected chi connectivity index (χ1v) is 6.15. The van der Waals surface area contributed by atoms with Crippen LogP contribution in [0, 0.1) is 0 Å². The number of benzene rings is 2. The summed E-state index contributed by atoms with van der Waals surface area (Å²) in [6, 6.07) is 17.6. The molecule has 2 aromatic carbocycles. The second-order valence-corrected chi connectivity index (χ2v) is 4.20. The van der Waals surface area contributed by atoms with Gasteiger partial charge in [-0.2, -0.15) is 0 Å². The summed E-state index contributed by atoms with van der Waals surface area (Å²) in [5.41, 5.74) is 2.39. The van der Waals surface area contributed by atoms with Crippen molar-refractivity contribution in [3.63, 3.8) is 0 Å². The predicted octanol–water partition coefficient (Wildman–Crippen LogP) is 3.25.